The fourth-order valence-electron chi connectivity index (χ4n) is 1.55. The topological polar surface area (TPSA) is 45.8 Å². The second kappa shape index (κ2) is 4.03. The lowest BCUT2D eigenvalue weighted by molar-refractivity contribution is 0.101. The number of Topliss-reactive ketones (excluding diaryl/α,β-unsaturated/α-hetero) is 1. The first kappa shape index (κ1) is 10.2. The van der Waals surface area contributed by atoms with Crippen molar-refractivity contribution in [2.45, 2.75) is 6.92 Å². The average molecular weight is 210 g/mol. The van der Waals surface area contributed by atoms with Crippen LogP contribution in [-0.4, -0.2) is 10.4 Å². The van der Waals surface area contributed by atoms with Gasteiger partial charge in [0.25, 0.3) is 0 Å². The molecule has 0 N–H and O–H groups in total. The molecule has 0 fully saturated rings. The lowest BCUT2D eigenvalue weighted by Crippen LogP contribution is -1.99. The highest BCUT2D eigenvalue weighted by molar-refractivity contribution is 5.94. The van der Waals surface area contributed by atoms with Gasteiger partial charge in [0, 0.05) is 18.0 Å². The second-order valence-electron chi connectivity index (χ2n) is 3.49. The standard InChI is InChI=1S/C13H10N2O/c1-10(16)11-4-5-12(9-14)13(8-11)15-6-2-3-7-15/h2-8H,1H3. The van der Waals surface area contributed by atoms with Gasteiger partial charge < -0.3 is 4.57 Å². The van der Waals surface area contributed by atoms with E-state index in [1.54, 1.807) is 18.2 Å². The first-order chi connectivity index (χ1) is 7.72. The van der Waals surface area contributed by atoms with Gasteiger partial charge in [0.05, 0.1) is 11.3 Å². The number of carbonyl (C=O) groups is 1. The fraction of sp³-hybridized carbons (Fsp3) is 0.0769. The van der Waals surface area contributed by atoms with Gasteiger partial charge in [0.1, 0.15) is 6.07 Å². The van der Waals surface area contributed by atoms with Crippen molar-refractivity contribution in [1.29, 1.82) is 5.26 Å². The Labute approximate surface area is 93.6 Å². The Bertz CT molecular complexity index is 562. The summed E-state index contributed by atoms with van der Waals surface area (Å²) in [5.74, 6) is -0.00195. The van der Waals surface area contributed by atoms with Crippen LogP contribution in [0.3, 0.4) is 0 Å². The van der Waals surface area contributed by atoms with Gasteiger partial charge in [0.2, 0.25) is 0 Å². The third kappa shape index (κ3) is 1.73. The summed E-state index contributed by atoms with van der Waals surface area (Å²) < 4.78 is 1.82. The predicted molar refractivity (Wildman–Crippen MR) is 60.5 cm³/mol. The highest BCUT2D eigenvalue weighted by Gasteiger charge is 2.07. The summed E-state index contributed by atoms with van der Waals surface area (Å²) in [6.45, 7) is 1.51. The zero-order chi connectivity index (χ0) is 11.5. The van der Waals surface area contributed by atoms with Crippen LogP contribution in [0.25, 0.3) is 5.69 Å². The molecule has 0 bridgehead atoms. The summed E-state index contributed by atoms with van der Waals surface area (Å²) in [7, 11) is 0. The normalized spacial score (nSPS) is 9.75. The molecule has 0 aliphatic carbocycles. The first-order valence-electron chi connectivity index (χ1n) is 4.91. The van der Waals surface area contributed by atoms with E-state index in [1.165, 1.54) is 6.92 Å². The molecule has 1 heterocycles. The van der Waals surface area contributed by atoms with Gasteiger partial charge in [-0.15, -0.1) is 0 Å². The molecule has 0 aliphatic rings. The molecule has 3 heteroatoms. The number of benzene rings is 1. The molecular formula is C13H10N2O. The molecule has 16 heavy (non-hydrogen) atoms. The quantitative estimate of drug-likeness (QED) is 0.715. The van der Waals surface area contributed by atoms with Crippen molar-refractivity contribution in [2.75, 3.05) is 0 Å². The van der Waals surface area contributed by atoms with Crippen molar-refractivity contribution < 1.29 is 4.79 Å². The molecule has 0 atom stereocenters. The number of nitrogens with zero attached hydrogens (tertiary/aromatic N) is 2. The Morgan fingerprint density at radius 3 is 2.56 bits per heavy atom. The van der Waals surface area contributed by atoms with Crippen LogP contribution in [0.2, 0.25) is 0 Å². The summed E-state index contributed by atoms with van der Waals surface area (Å²) in [4.78, 5) is 11.3. The average Bonchev–Trinajstić information content (AvgIpc) is 2.81. The molecule has 1 aromatic carbocycles. The minimum Gasteiger partial charge on any atom is -0.323 e. The van der Waals surface area contributed by atoms with Gasteiger partial charge in [-0.2, -0.15) is 5.26 Å². The molecule has 0 radical (unpaired) electrons. The SMILES string of the molecule is CC(=O)c1ccc(C#N)c(-n2cccc2)c1. The van der Waals surface area contributed by atoms with E-state index >= 15 is 0 Å². The molecule has 78 valence electrons. The second-order valence-corrected chi connectivity index (χ2v) is 3.49. The summed E-state index contributed by atoms with van der Waals surface area (Å²) in [6.07, 6.45) is 3.69. The Morgan fingerprint density at radius 2 is 2.00 bits per heavy atom. The fourth-order valence-corrected chi connectivity index (χ4v) is 1.55. The smallest absolute Gasteiger partial charge is 0.159 e. The van der Waals surface area contributed by atoms with E-state index < -0.39 is 0 Å². The van der Waals surface area contributed by atoms with Crippen LogP contribution in [0, 0.1) is 11.3 Å². The Balaban J connectivity index is 2.62. The minimum atomic E-state index is -0.00195. The largest absolute Gasteiger partial charge is 0.323 e. The molecular weight excluding hydrogens is 200 g/mol. The maximum absolute atomic E-state index is 11.3. The number of nitriles is 1. The molecule has 0 amide bonds. The molecule has 0 unspecified atom stereocenters. The van der Waals surface area contributed by atoms with Gasteiger partial charge in [-0.25, -0.2) is 0 Å². The maximum Gasteiger partial charge on any atom is 0.159 e. The summed E-state index contributed by atoms with van der Waals surface area (Å²) in [6, 6.07) is 11.0. The van der Waals surface area contributed by atoms with Crippen molar-refractivity contribution in [1.82, 2.24) is 4.57 Å². The lowest BCUT2D eigenvalue weighted by atomic mass is 10.1. The molecule has 2 rings (SSSR count). The Hall–Kier alpha value is -2.34. The molecule has 0 spiro atoms. The van der Waals surface area contributed by atoms with Crippen LogP contribution in [-0.2, 0) is 0 Å². The Morgan fingerprint density at radius 1 is 1.31 bits per heavy atom. The van der Waals surface area contributed by atoms with E-state index in [1.807, 2.05) is 29.1 Å². The number of carbonyl (C=O) groups excluding carboxylic acids is 1. The number of hydrogen-bond donors (Lipinski definition) is 0. The van der Waals surface area contributed by atoms with Gasteiger partial charge in [-0.3, -0.25) is 4.79 Å². The van der Waals surface area contributed by atoms with E-state index in [4.69, 9.17) is 5.26 Å². The van der Waals surface area contributed by atoms with Crippen LogP contribution in [0.5, 0.6) is 0 Å². The van der Waals surface area contributed by atoms with Crippen LogP contribution in [0.15, 0.2) is 42.7 Å². The minimum absolute atomic E-state index is 0.00195. The van der Waals surface area contributed by atoms with Gasteiger partial charge in [-0.1, -0.05) is 0 Å². The number of hydrogen-bond acceptors (Lipinski definition) is 2. The number of ketones is 1. The van der Waals surface area contributed by atoms with Crippen molar-refractivity contribution in [2.24, 2.45) is 0 Å². The monoisotopic (exact) mass is 210 g/mol. The summed E-state index contributed by atoms with van der Waals surface area (Å²) in [5, 5.41) is 9.00. The highest BCUT2D eigenvalue weighted by atomic mass is 16.1. The van der Waals surface area contributed by atoms with Crippen LogP contribution >= 0.6 is 0 Å². The van der Waals surface area contributed by atoms with Gasteiger partial charge in [-0.05, 0) is 37.3 Å². The summed E-state index contributed by atoms with van der Waals surface area (Å²) in [5.41, 5.74) is 1.91. The number of rotatable bonds is 2. The van der Waals surface area contributed by atoms with Crippen molar-refractivity contribution >= 4 is 5.78 Å². The van der Waals surface area contributed by atoms with E-state index in [9.17, 15) is 4.79 Å². The van der Waals surface area contributed by atoms with E-state index in [0.717, 1.165) is 5.69 Å². The molecule has 1 aromatic heterocycles. The molecule has 3 nitrogen and oxygen atoms in total. The van der Waals surface area contributed by atoms with Crippen molar-refractivity contribution in [3.63, 3.8) is 0 Å². The molecule has 2 aromatic rings. The third-order valence-corrected chi connectivity index (χ3v) is 2.41. The number of aromatic nitrogens is 1. The highest BCUT2D eigenvalue weighted by Crippen LogP contribution is 2.16. The van der Waals surface area contributed by atoms with Crippen LogP contribution in [0.1, 0.15) is 22.8 Å². The predicted octanol–water partition coefficient (Wildman–Crippen LogP) is 2.55. The van der Waals surface area contributed by atoms with E-state index in [2.05, 4.69) is 6.07 Å². The lowest BCUT2D eigenvalue weighted by Gasteiger charge is -2.06. The summed E-state index contributed by atoms with van der Waals surface area (Å²) >= 11 is 0. The van der Waals surface area contributed by atoms with E-state index in [-0.39, 0.29) is 5.78 Å². The molecule has 0 saturated heterocycles. The van der Waals surface area contributed by atoms with Gasteiger partial charge >= 0.3 is 0 Å². The van der Waals surface area contributed by atoms with Crippen molar-refractivity contribution in [3.05, 3.63) is 53.9 Å². The third-order valence-electron chi connectivity index (χ3n) is 2.41. The zero-order valence-corrected chi connectivity index (χ0v) is 8.84. The molecule has 0 aliphatic heterocycles. The zero-order valence-electron chi connectivity index (χ0n) is 8.84. The van der Waals surface area contributed by atoms with Crippen LogP contribution in [0.4, 0.5) is 0 Å². The van der Waals surface area contributed by atoms with Crippen LogP contribution < -0.4 is 0 Å². The first-order valence-corrected chi connectivity index (χ1v) is 4.91. The maximum atomic E-state index is 11.3. The van der Waals surface area contributed by atoms with E-state index in [0.29, 0.717) is 11.1 Å². The van der Waals surface area contributed by atoms with Gasteiger partial charge in [0.15, 0.2) is 5.78 Å². The Kier molecular flexibility index (Phi) is 2.57. The molecule has 0 saturated carbocycles. The van der Waals surface area contributed by atoms with Crippen molar-refractivity contribution in [3.8, 4) is 11.8 Å².